The van der Waals surface area contributed by atoms with Gasteiger partial charge in [0.25, 0.3) is 0 Å². The van der Waals surface area contributed by atoms with Gasteiger partial charge in [-0.3, -0.25) is 4.79 Å². The van der Waals surface area contributed by atoms with Crippen molar-refractivity contribution in [3.8, 4) is 0 Å². The molecule has 1 amide bonds. The Labute approximate surface area is 142 Å². The summed E-state index contributed by atoms with van der Waals surface area (Å²) < 4.78 is 13.2. The molecular weight excluding hydrogens is 303 g/mol. The van der Waals surface area contributed by atoms with Crippen molar-refractivity contribution < 1.29 is 9.18 Å². The third kappa shape index (κ3) is 3.49. The van der Waals surface area contributed by atoms with Gasteiger partial charge in [0.15, 0.2) is 0 Å². The predicted molar refractivity (Wildman–Crippen MR) is 92.9 cm³/mol. The molecule has 3 N–H and O–H groups in total. The molecule has 126 valence electrons. The van der Waals surface area contributed by atoms with Gasteiger partial charge in [0, 0.05) is 12.0 Å². The van der Waals surface area contributed by atoms with E-state index < -0.39 is 6.04 Å². The maximum Gasteiger partial charge on any atom is 0.241 e. The first kappa shape index (κ1) is 16.7. The molecule has 0 saturated heterocycles. The van der Waals surface area contributed by atoms with Gasteiger partial charge in [0.05, 0.1) is 0 Å². The minimum Gasteiger partial charge on any atom is -0.354 e. The van der Waals surface area contributed by atoms with Gasteiger partial charge in [0.1, 0.15) is 11.9 Å². The molecule has 1 aliphatic carbocycles. The van der Waals surface area contributed by atoms with Crippen molar-refractivity contribution in [2.75, 3.05) is 6.54 Å². The third-order valence-electron chi connectivity index (χ3n) is 5.06. The molecule has 1 atom stereocenters. The zero-order valence-electron chi connectivity index (χ0n) is 13.7. The average molecular weight is 326 g/mol. The highest BCUT2D eigenvalue weighted by Crippen LogP contribution is 2.40. The molecule has 3 rings (SSSR count). The largest absolute Gasteiger partial charge is 0.354 e. The number of nitrogens with one attached hydrogen (secondary N) is 1. The summed E-state index contributed by atoms with van der Waals surface area (Å²) in [5, 5.41) is 3.02. The molecule has 0 heterocycles. The molecule has 1 fully saturated rings. The fourth-order valence-electron chi connectivity index (χ4n) is 3.60. The van der Waals surface area contributed by atoms with Gasteiger partial charge >= 0.3 is 0 Å². The number of hydrogen-bond donors (Lipinski definition) is 2. The Morgan fingerprint density at radius 3 is 2.33 bits per heavy atom. The summed E-state index contributed by atoms with van der Waals surface area (Å²) in [4.78, 5) is 12.4. The Morgan fingerprint density at radius 2 is 1.71 bits per heavy atom. The van der Waals surface area contributed by atoms with E-state index in [0.717, 1.165) is 36.8 Å². The van der Waals surface area contributed by atoms with Crippen molar-refractivity contribution >= 4 is 5.91 Å². The molecule has 0 aliphatic heterocycles. The lowest BCUT2D eigenvalue weighted by atomic mass is 9.78. The van der Waals surface area contributed by atoms with Gasteiger partial charge in [-0.1, -0.05) is 55.3 Å². The predicted octanol–water partition coefficient (Wildman–Crippen LogP) is 3.45. The average Bonchev–Trinajstić information content (AvgIpc) is 3.10. The lowest BCUT2D eigenvalue weighted by Gasteiger charge is -2.30. The van der Waals surface area contributed by atoms with Gasteiger partial charge in [-0.05, 0) is 36.1 Å². The van der Waals surface area contributed by atoms with Crippen molar-refractivity contribution in [2.45, 2.75) is 37.1 Å². The van der Waals surface area contributed by atoms with Crippen LogP contribution in [0.25, 0.3) is 0 Å². The van der Waals surface area contributed by atoms with E-state index in [9.17, 15) is 9.18 Å². The third-order valence-corrected chi connectivity index (χ3v) is 5.06. The molecule has 0 bridgehead atoms. The van der Waals surface area contributed by atoms with Crippen LogP contribution >= 0.6 is 0 Å². The standard InChI is InChI=1S/C20H23FN2O/c21-17-10-8-16(9-11-17)20(12-4-5-13-20)14-23-19(24)18(22)15-6-2-1-3-7-15/h1-3,6-11,18H,4-5,12-14,22H2,(H,23,24). The van der Waals surface area contributed by atoms with Crippen LogP contribution in [0, 0.1) is 5.82 Å². The highest BCUT2D eigenvalue weighted by atomic mass is 19.1. The molecule has 2 aromatic carbocycles. The number of halogens is 1. The molecule has 3 nitrogen and oxygen atoms in total. The van der Waals surface area contributed by atoms with Crippen LogP contribution in [-0.2, 0) is 10.2 Å². The molecule has 0 aromatic heterocycles. The minimum atomic E-state index is -0.669. The quantitative estimate of drug-likeness (QED) is 0.884. The van der Waals surface area contributed by atoms with E-state index >= 15 is 0 Å². The van der Waals surface area contributed by atoms with Crippen molar-refractivity contribution in [3.05, 3.63) is 71.5 Å². The Kier molecular flexibility index (Phi) is 4.95. The van der Waals surface area contributed by atoms with Crippen LogP contribution in [0.15, 0.2) is 54.6 Å². The van der Waals surface area contributed by atoms with Crippen LogP contribution in [0.3, 0.4) is 0 Å². The topological polar surface area (TPSA) is 55.1 Å². The Bertz CT molecular complexity index is 679. The summed E-state index contributed by atoms with van der Waals surface area (Å²) in [5.74, 6) is -0.406. The fourth-order valence-corrected chi connectivity index (χ4v) is 3.60. The monoisotopic (exact) mass is 326 g/mol. The summed E-state index contributed by atoms with van der Waals surface area (Å²) in [6.45, 7) is 0.540. The fraction of sp³-hybridized carbons (Fsp3) is 0.350. The van der Waals surface area contributed by atoms with Crippen LogP contribution in [0.1, 0.15) is 42.9 Å². The molecule has 2 aromatic rings. The summed E-state index contributed by atoms with van der Waals surface area (Å²) >= 11 is 0. The SMILES string of the molecule is NC(C(=O)NCC1(c2ccc(F)cc2)CCCC1)c1ccccc1. The van der Waals surface area contributed by atoms with Crippen molar-refractivity contribution in [3.63, 3.8) is 0 Å². The van der Waals surface area contributed by atoms with Crippen molar-refractivity contribution in [1.82, 2.24) is 5.32 Å². The highest BCUT2D eigenvalue weighted by molar-refractivity contribution is 5.83. The van der Waals surface area contributed by atoms with Crippen LogP contribution in [0.5, 0.6) is 0 Å². The zero-order valence-corrected chi connectivity index (χ0v) is 13.7. The van der Waals surface area contributed by atoms with E-state index in [1.807, 2.05) is 42.5 Å². The Hall–Kier alpha value is -2.20. The van der Waals surface area contributed by atoms with E-state index in [-0.39, 0.29) is 17.1 Å². The van der Waals surface area contributed by atoms with Crippen LogP contribution in [0.2, 0.25) is 0 Å². The normalized spacial score (nSPS) is 17.4. The number of nitrogens with two attached hydrogens (primary N) is 1. The molecule has 1 saturated carbocycles. The second-order valence-corrected chi connectivity index (χ2v) is 6.60. The summed E-state index contributed by atoms with van der Waals surface area (Å²) in [7, 11) is 0. The summed E-state index contributed by atoms with van der Waals surface area (Å²) in [6, 6.07) is 15.4. The van der Waals surface area contributed by atoms with E-state index in [1.54, 1.807) is 0 Å². The number of benzene rings is 2. The van der Waals surface area contributed by atoms with E-state index in [0.29, 0.717) is 6.54 Å². The van der Waals surface area contributed by atoms with Crippen LogP contribution in [0.4, 0.5) is 4.39 Å². The van der Waals surface area contributed by atoms with E-state index in [4.69, 9.17) is 5.73 Å². The smallest absolute Gasteiger partial charge is 0.241 e. The second-order valence-electron chi connectivity index (χ2n) is 6.60. The summed E-state index contributed by atoms with van der Waals surface area (Å²) in [6.07, 6.45) is 4.24. The highest BCUT2D eigenvalue weighted by Gasteiger charge is 2.36. The van der Waals surface area contributed by atoms with Gasteiger partial charge < -0.3 is 11.1 Å². The molecule has 24 heavy (non-hydrogen) atoms. The van der Waals surface area contributed by atoms with Gasteiger partial charge in [-0.15, -0.1) is 0 Å². The van der Waals surface area contributed by atoms with Gasteiger partial charge in [-0.25, -0.2) is 4.39 Å². The lowest BCUT2D eigenvalue weighted by molar-refractivity contribution is -0.122. The van der Waals surface area contributed by atoms with Crippen molar-refractivity contribution in [1.29, 1.82) is 0 Å². The first-order chi connectivity index (χ1) is 11.6. The zero-order chi connectivity index (χ0) is 17.0. The summed E-state index contributed by atoms with van der Waals surface area (Å²) in [5.41, 5.74) is 7.85. The Balaban J connectivity index is 1.70. The number of amides is 1. The van der Waals surface area contributed by atoms with E-state index in [2.05, 4.69) is 5.32 Å². The number of rotatable bonds is 5. The maximum absolute atomic E-state index is 13.2. The minimum absolute atomic E-state index is 0.111. The van der Waals surface area contributed by atoms with Crippen LogP contribution < -0.4 is 11.1 Å². The first-order valence-corrected chi connectivity index (χ1v) is 8.45. The molecular formula is C20H23FN2O. The van der Waals surface area contributed by atoms with Crippen molar-refractivity contribution in [2.24, 2.45) is 5.73 Å². The number of carbonyl (C=O) groups excluding carboxylic acids is 1. The maximum atomic E-state index is 13.2. The molecule has 1 unspecified atom stereocenters. The van der Waals surface area contributed by atoms with Gasteiger partial charge in [-0.2, -0.15) is 0 Å². The Morgan fingerprint density at radius 1 is 1.08 bits per heavy atom. The first-order valence-electron chi connectivity index (χ1n) is 8.45. The lowest BCUT2D eigenvalue weighted by Crippen LogP contribution is -2.42. The number of hydrogen-bond acceptors (Lipinski definition) is 2. The van der Waals surface area contributed by atoms with Gasteiger partial charge in [0.2, 0.25) is 5.91 Å². The molecule has 0 radical (unpaired) electrons. The molecule has 4 heteroatoms. The van der Waals surface area contributed by atoms with E-state index in [1.165, 1.54) is 12.1 Å². The second kappa shape index (κ2) is 7.14. The molecule has 1 aliphatic rings. The molecule has 0 spiro atoms. The number of carbonyl (C=O) groups is 1. The van der Waals surface area contributed by atoms with Crippen LogP contribution in [-0.4, -0.2) is 12.5 Å².